The van der Waals surface area contributed by atoms with Crippen molar-refractivity contribution in [1.82, 2.24) is 25.5 Å². The number of tetrazole rings is 1. The van der Waals surface area contributed by atoms with Gasteiger partial charge in [-0.1, -0.05) is 6.92 Å². The van der Waals surface area contributed by atoms with Gasteiger partial charge in [-0.3, -0.25) is 4.79 Å². The molecule has 2 heterocycles. The number of nitrogens with one attached hydrogen (secondary N) is 1. The molecule has 9 heteroatoms. The van der Waals surface area contributed by atoms with Gasteiger partial charge in [-0.2, -0.15) is 4.68 Å². The zero-order valence-electron chi connectivity index (χ0n) is 10.9. The number of carboxylic acid groups (broad SMARTS) is 1. The number of aromatic nitrogens is 4. The molecule has 0 spiro atoms. The van der Waals surface area contributed by atoms with Gasteiger partial charge < -0.3 is 10.4 Å². The number of carbonyl (C=O) groups is 2. The summed E-state index contributed by atoms with van der Waals surface area (Å²) in [5, 5.41) is 24.2. The van der Waals surface area contributed by atoms with Crippen LogP contribution < -0.4 is 5.32 Å². The van der Waals surface area contributed by atoms with Gasteiger partial charge in [0.1, 0.15) is 16.7 Å². The molecule has 2 aromatic rings. The second-order valence-corrected chi connectivity index (χ2v) is 5.25. The molecule has 1 amide bonds. The quantitative estimate of drug-likeness (QED) is 0.840. The Labute approximate surface area is 118 Å². The number of hydrogen-bond acceptors (Lipinski definition) is 6. The lowest BCUT2D eigenvalue weighted by atomic mass is 9.99. The van der Waals surface area contributed by atoms with Crippen LogP contribution >= 0.6 is 11.3 Å². The average Bonchev–Trinajstić information content (AvgIpc) is 3.08. The van der Waals surface area contributed by atoms with E-state index in [2.05, 4.69) is 20.8 Å². The molecule has 0 aliphatic carbocycles. The van der Waals surface area contributed by atoms with Crippen molar-refractivity contribution in [2.45, 2.75) is 25.8 Å². The van der Waals surface area contributed by atoms with E-state index in [1.807, 2.05) is 0 Å². The first-order valence-corrected chi connectivity index (χ1v) is 6.72. The Bertz CT molecular complexity index is 624. The third-order valence-electron chi connectivity index (χ3n) is 3.02. The van der Waals surface area contributed by atoms with Gasteiger partial charge in [-0.05, 0) is 35.2 Å². The summed E-state index contributed by atoms with van der Waals surface area (Å²) < 4.78 is 1.36. The zero-order chi connectivity index (χ0) is 14.8. The summed E-state index contributed by atoms with van der Waals surface area (Å²) in [6.45, 7) is 3.17. The Morgan fingerprint density at radius 3 is 2.85 bits per heavy atom. The maximum Gasteiger partial charge on any atom is 0.329 e. The summed E-state index contributed by atoms with van der Waals surface area (Å²) >= 11 is 1.20. The maximum absolute atomic E-state index is 12.3. The third kappa shape index (κ3) is 2.52. The normalized spacial score (nSPS) is 13.7. The van der Waals surface area contributed by atoms with Crippen molar-refractivity contribution in [2.75, 3.05) is 0 Å². The Kier molecular flexibility index (Phi) is 3.79. The number of amides is 1. The van der Waals surface area contributed by atoms with Crippen molar-refractivity contribution in [3.8, 4) is 5.69 Å². The van der Waals surface area contributed by atoms with E-state index in [-0.39, 0.29) is 6.42 Å². The van der Waals surface area contributed by atoms with Crippen molar-refractivity contribution in [3.63, 3.8) is 0 Å². The number of carbonyl (C=O) groups excluding carboxylic acids is 1. The van der Waals surface area contributed by atoms with E-state index in [1.54, 1.807) is 18.4 Å². The third-order valence-corrected chi connectivity index (χ3v) is 3.92. The van der Waals surface area contributed by atoms with Crippen molar-refractivity contribution in [1.29, 1.82) is 0 Å². The summed E-state index contributed by atoms with van der Waals surface area (Å²) in [5.74, 6) is -1.54. The van der Waals surface area contributed by atoms with E-state index in [1.165, 1.54) is 29.3 Å². The lowest BCUT2D eigenvalue weighted by Crippen LogP contribution is -2.51. The molecular formula is C11H13N5O3S. The van der Waals surface area contributed by atoms with Crippen molar-refractivity contribution in [2.24, 2.45) is 0 Å². The highest BCUT2D eigenvalue weighted by Gasteiger charge is 2.34. The number of nitrogens with zero attached hydrogens (tertiary/aromatic N) is 4. The van der Waals surface area contributed by atoms with E-state index >= 15 is 0 Å². The molecule has 0 aromatic carbocycles. The predicted molar refractivity (Wildman–Crippen MR) is 70.8 cm³/mol. The van der Waals surface area contributed by atoms with Gasteiger partial charge >= 0.3 is 5.97 Å². The van der Waals surface area contributed by atoms with Gasteiger partial charge in [-0.25, -0.2) is 4.79 Å². The van der Waals surface area contributed by atoms with Crippen molar-refractivity contribution in [3.05, 3.63) is 22.7 Å². The Hall–Kier alpha value is -2.29. The van der Waals surface area contributed by atoms with Crippen LogP contribution in [0.2, 0.25) is 0 Å². The first-order valence-electron chi connectivity index (χ1n) is 5.84. The maximum atomic E-state index is 12.3. The summed E-state index contributed by atoms with van der Waals surface area (Å²) in [5.41, 5.74) is -0.791. The number of thiophene rings is 1. The van der Waals surface area contributed by atoms with Gasteiger partial charge in [-0.15, -0.1) is 16.4 Å². The molecule has 2 rings (SSSR count). The fourth-order valence-electron chi connectivity index (χ4n) is 1.52. The number of carboxylic acids is 1. The fourth-order valence-corrected chi connectivity index (χ4v) is 2.30. The molecule has 8 nitrogen and oxygen atoms in total. The first kappa shape index (κ1) is 14.1. The highest BCUT2D eigenvalue weighted by molar-refractivity contribution is 7.12. The molecule has 20 heavy (non-hydrogen) atoms. The largest absolute Gasteiger partial charge is 0.480 e. The zero-order valence-corrected chi connectivity index (χ0v) is 11.7. The summed E-state index contributed by atoms with van der Waals surface area (Å²) in [6.07, 6.45) is 1.65. The predicted octanol–water partition coefficient (Wildman–Crippen LogP) is 0.707. The first-order chi connectivity index (χ1) is 9.48. The molecule has 0 bridgehead atoms. The molecule has 0 aliphatic rings. The molecule has 0 saturated heterocycles. The summed E-state index contributed by atoms with van der Waals surface area (Å²) in [6, 6.07) is 1.69. The average molecular weight is 295 g/mol. The minimum absolute atomic E-state index is 0.277. The topological polar surface area (TPSA) is 110 Å². The molecule has 1 unspecified atom stereocenters. The lowest BCUT2D eigenvalue weighted by molar-refractivity contribution is -0.143. The lowest BCUT2D eigenvalue weighted by Gasteiger charge is -2.24. The van der Waals surface area contributed by atoms with Crippen LogP contribution in [-0.2, 0) is 4.79 Å². The fraction of sp³-hybridized carbons (Fsp3) is 0.364. The van der Waals surface area contributed by atoms with Gasteiger partial charge in [0.05, 0.1) is 5.69 Å². The summed E-state index contributed by atoms with van der Waals surface area (Å²) in [4.78, 5) is 23.8. The molecule has 0 saturated carbocycles. The molecular weight excluding hydrogens is 282 g/mol. The number of aliphatic carboxylic acids is 1. The highest BCUT2D eigenvalue weighted by Crippen LogP contribution is 2.21. The van der Waals surface area contributed by atoms with Crippen LogP contribution in [0, 0.1) is 0 Å². The van der Waals surface area contributed by atoms with Crippen LogP contribution in [0.3, 0.4) is 0 Å². The molecule has 0 aliphatic heterocycles. The van der Waals surface area contributed by atoms with Gasteiger partial charge in [0.15, 0.2) is 0 Å². The van der Waals surface area contributed by atoms with Crippen molar-refractivity contribution < 1.29 is 14.7 Å². The molecule has 0 fully saturated rings. The second-order valence-electron chi connectivity index (χ2n) is 4.33. The minimum atomic E-state index is -1.31. The van der Waals surface area contributed by atoms with Crippen molar-refractivity contribution >= 4 is 23.2 Å². The standard InChI is InChI=1S/C11H13N5O3S/c1-3-11(2,10(18)19)13-9(17)8-7(4-5-20-8)16-6-12-14-15-16/h4-6H,3H2,1-2H3,(H,13,17)(H,18,19). The summed E-state index contributed by atoms with van der Waals surface area (Å²) in [7, 11) is 0. The van der Waals surface area contributed by atoms with E-state index in [0.29, 0.717) is 10.6 Å². The molecule has 2 N–H and O–H groups in total. The Morgan fingerprint density at radius 2 is 2.30 bits per heavy atom. The number of hydrogen-bond donors (Lipinski definition) is 2. The van der Waals surface area contributed by atoms with E-state index in [4.69, 9.17) is 0 Å². The van der Waals surface area contributed by atoms with Gasteiger partial charge in [0.25, 0.3) is 5.91 Å². The molecule has 106 valence electrons. The van der Waals surface area contributed by atoms with Crippen LogP contribution in [0.4, 0.5) is 0 Å². The van der Waals surface area contributed by atoms with Gasteiger partial charge in [0, 0.05) is 0 Å². The molecule has 0 radical (unpaired) electrons. The second kappa shape index (κ2) is 5.37. The SMILES string of the molecule is CCC(C)(NC(=O)c1sccc1-n1cnnn1)C(=O)O. The van der Waals surface area contributed by atoms with Crippen LogP contribution in [0.5, 0.6) is 0 Å². The van der Waals surface area contributed by atoms with Crippen LogP contribution in [-0.4, -0.2) is 42.7 Å². The number of rotatable bonds is 5. The van der Waals surface area contributed by atoms with Crippen LogP contribution in [0.1, 0.15) is 29.9 Å². The smallest absolute Gasteiger partial charge is 0.329 e. The van der Waals surface area contributed by atoms with Gasteiger partial charge in [0.2, 0.25) is 0 Å². The Balaban J connectivity index is 2.27. The monoisotopic (exact) mass is 295 g/mol. The highest BCUT2D eigenvalue weighted by atomic mass is 32.1. The minimum Gasteiger partial charge on any atom is -0.480 e. The van der Waals surface area contributed by atoms with E-state index in [9.17, 15) is 14.7 Å². The Morgan fingerprint density at radius 1 is 1.55 bits per heavy atom. The van der Waals surface area contributed by atoms with Crippen LogP contribution in [0.25, 0.3) is 5.69 Å². The molecule has 2 aromatic heterocycles. The van der Waals surface area contributed by atoms with Crippen LogP contribution in [0.15, 0.2) is 17.8 Å². The molecule has 1 atom stereocenters. The van der Waals surface area contributed by atoms with E-state index in [0.717, 1.165) is 0 Å². The van der Waals surface area contributed by atoms with E-state index < -0.39 is 17.4 Å².